The highest BCUT2D eigenvalue weighted by Crippen LogP contribution is 2.37. The van der Waals surface area contributed by atoms with Crippen LogP contribution in [0.1, 0.15) is 29.7 Å². The van der Waals surface area contributed by atoms with Gasteiger partial charge in [0.15, 0.2) is 5.11 Å². The van der Waals surface area contributed by atoms with E-state index >= 15 is 0 Å². The summed E-state index contributed by atoms with van der Waals surface area (Å²) in [4.78, 5) is 25.8. The minimum absolute atomic E-state index is 0.00377. The highest BCUT2D eigenvalue weighted by molar-refractivity contribution is 7.80. The largest absolute Gasteiger partial charge is 0.460 e. The fourth-order valence-electron chi connectivity index (χ4n) is 3.65. The number of nitro groups is 1. The van der Waals surface area contributed by atoms with Gasteiger partial charge in [0.25, 0.3) is 5.69 Å². The van der Waals surface area contributed by atoms with Gasteiger partial charge in [0.1, 0.15) is 11.6 Å². The molecule has 0 radical (unpaired) electrons. The third kappa shape index (κ3) is 5.16. The van der Waals surface area contributed by atoms with Crippen LogP contribution in [0.3, 0.4) is 0 Å². The van der Waals surface area contributed by atoms with Crippen LogP contribution in [-0.2, 0) is 14.3 Å². The van der Waals surface area contributed by atoms with Crippen LogP contribution < -0.4 is 10.2 Å². The summed E-state index contributed by atoms with van der Waals surface area (Å²) < 4.78 is 10.4. The molecule has 0 bridgehead atoms. The van der Waals surface area contributed by atoms with Crippen LogP contribution in [0.5, 0.6) is 0 Å². The average Bonchev–Trinajstić information content (AvgIpc) is 2.76. The quantitative estimate of drug-likeness (QED) is 0.195. The van der Waals surface area contributed by atoms with Crippen LogP contribution in [0.25, 0.3) is 0 Å². The monoisotopic (exact) mass is 489 g/mol. The Bertz CT molecular complexity index is 1150. The lowest BCUT2D eigenvalue weighted by Gasteiger charge is -2.38. The van der Waals surface area contributed by atoms with Gasteiger partial charge in [-0.15, -0.1) is 0 Å². The maximum atomic E-state index is 13.2. The molecule has 0 fully saturated rings. The molecule has 2 aromatic rings. The number of thiocarbonyl (C=S) groups is 1. The van der Waals surface area contributed by atoms with Crippen molar-refractivity contribution < 1.29 is 19.2 Å². The summed E-state index contributed by atoms with van der Waals surface area (Å²) >= 11 is 11.7. The van der Waals surface area contributed by atoms with E-state index in [-0.39, 0.29) is 29.5 Å². The molecule has 0 aromatic heterocycles. The molecule has 0 saturated carbocycles. The van der Waals surface area contributed by atoms with Crippen molar-refractivity contribution in [3.8, 4) is 0 Å². The summed E-state index contributed by atoms with van der Waals surface area (Å²) in [6.07, 6.45) is 0. The Labute approximate surface area is 202 Å². The van der Waals surface area contributed by atoms with E-state index < -0.39 is 16.9 Å². The number of hydrogen-bond acceptors (Lipinski definition) is 6. The van der Waals surface area contributed by atoms with Crippen LogP contribution in [0.4, 0.5) is 11.4 Å². The number of hydrogen-bond donors (Lipinski definition) is 1. The van der Waals surface area contributed by atoms with Gasteiger partial charge in [-0.25, -0.2) is 4.79 Å². The number of methoxy groups -OCH3 is 1. The number of allylic oxidation sites excluding steroid dienone is 1. The number of esters is 1. The molecular weight excluding hydrogens is 466 g/mol. The zero-order valence-electron chi connectivity index (χ0n) is 18.7. The number of aryl methyl sites for hydroxylation is 2. The second kappa shape index (κ2) is 10.3. The minimum Gasteiger partial charge on any atom is -0.460 e. The summed E-state index contributed by atoms with van der Waals surface area (Å²) in [7, 11) is 1.51. The van der Waals surface area contributed by atoms with Gasteiger partial charge in [0.2, 0.25) is 0 Å². The predicted molar refractivity (Wildman–Crippen MR) is 131 cm³/mol. The van der Waals surface area contributed by atoms with E-state index in [2.05, 4.69) is 5.32 Å². The van der Waals surface area contributed by atoms with Crippen LogP contribution in [0.2, 0.25) is 5.02 Å². The van der Waals surface area contributed by atoms with E-state index in [9.17, 15) is 14.9 Å². The zero-order valence-corrected chi connectivity index (χ0v) is 20.2. The molecule has 1 aliphatic rings. The molecule has 0 spiro atoms. The SMILES string of the molecule is COCCOC(=O)C1=C(C)N(c2cc(C)ccc2C)C(=S)NC1c1ccc(Cl)c([N+](=O)[O-])c1. The smallest absolute Gasteiger partial charge is 0.338 e. The molecule has 174 valence electrons. The Morgan fingerprint density at radius 1 is 1.21 bits per heavy atom. The lowest BCUT2D eigenvalue weighted by molar-refractivity contribution is -0.384. The molecule has 1 unspecified atom stereocenters. The van der Waals surface area contributed by atoms with Crippen molar-refractivity contribution in [2.75, 3.05) is 25.2 Å². The lowest BCUT2D eigenvalue weighted by atomic mass is 9.94. The second-order valence-electron chi connectivity index (χ2n) is 7.60. The number of carbonyl (C=O) groups is 1. The van der Waals surface area contributed by atoms with E-state index in [0.717, 1.165) is 16.8 Å². The molecule has 33 heavy (non-hydrogen) atoms. The van der Waals surface area contributed by atoms with Crippen LogP contribution in [0.15, 0.2) is 47.7 Å². The fourth-order valence-corrected chi connectivity index (χ4v) is 4.19. The Balaban J connectivity index is 2.16. The summed E-state index contributed by atoms with van der Waals surface area (Å²) in [5.41, 5.74) is 3.89. The van der Waals surface area contributed by atoms with Crippen molar-refractivity contribution in [3.05, 3.63) is 79.5 Å². The van der Waals surface area contributed by atoms with Crippen LogP contribution in [-0.4, -0.2) is 36.3 Å². The second-order valence-corrected chi connectivity index (χ2v) is 8.40. The van der Waals surface area contributed by atoms with E-state index in [1.807, 2.05) is 32.0 Å². The van der Waals surface area contributed by atoms with Gasteiger partial charge >= 0.3 is 5.97 Å². The zero-order chi connectivity index (χ0) is 24.3. The number of ether oxygens (including phenoxy) is 2. The Morgan fingerprint density at radius 3 is 2.61 bits per heavy atom. The summed E-state index contributed by atoms with van der Waals surface area (Å²) in [6.45, 7) is 6.00. The number of nitrogens with one attached hydrogen (secondary N) is 1. The first kappa shape index (κ1) is 24.6. The van der Waals surface area contributed by atoms with Gasteiger partial charge in [-0.3, -0.25) is 15.0 Å². The maximum Gasteiger partial charge on any atom is 0.338 e. The number of halogens is 1. The van der Waals surface area contributed by atoms with Crippen molar-refractivity contribution in [1.29, 1.82) is 0 Å². The molecule has 3 rings (SSSR count). The number of nitro benzene ring substituents is 1. The van der Waals surface area contributed by atoms with Gasteiger partial charge in [0, 0.05) is 18.9 Å². The number of rotatable bonds is 7. The van der Waals surface area contributed by atoms with Crippen molar-refractivity contribution in [2.24, 2.45) is 0 Å². The third-order valence-electron chi connectivity index (χ3n) is 5.33. The highest BCUT2D eigenvalue weighted by Gasteiger charge is 2.36. The molecule has 10 heteroatoms. The molecule has 1 aliphatic heterocycles. The molecule has 8 nitrogen and oxygen atoms in total. The number of nitrogens with zero attached hydrogens (tertiary/aromatic N) is 2. The van der Waals surface area contributed by atoms with Gasteiger partial charge in [-0.2, -0.15) is 0 Å². The van der Waals surface area contributed by atoms with E-state index in [1.54, 1.807) is 17.9 Å². The van der Waals surface area contributed by atoms with Gasteiger partial charge in [-0.1, -0.05) is 29.8 Å². The molecule has 0 saturated heterocycles. The third-order valence-corrected chi connectivity index (χ3v) is 5.95. The van der Waals surface area contributed by atoms with Crippen LogP contribution >= 0.6 is 23.8 Å². The molecule has 0 aliphatic carbocycles. The number of anilines is 1. The molecule has 0 amide bonds. The van der Waals surface area contributed by atoms with Gasteiger partial charge < -0.3 is 14.8 Å². The summed E-state index contributed by atoms with van der Waals surface area (Å²) in [5, 5.41) is 15.0. The van der Waals surface area contributed by atoms with E-state index in [0.29, 0.717) is 16.4 Å². The normalized spacial score (nSPS) is 16.0. The lowest BCUT2D eigenvalue weighted by Crippen LogP contribution is -2.48. The standard InChI is InChI=1S/C23H24ClN3O5S/c1-13-5-6-14(2)18(11-13)26-15(3)20(22(28)32-10-9-31-4)21(25-23(26)33)16-7-8-17(24)19(12-16)27(29)30/h5-8,11-12,21H,9-10H2,1-4H3,(H,25,33). The van der Waals surface area contributed by atoms with Crippen LogP contribution in [0, 0.1) is 24.0 Å². The first-order valence-electron chi connectivity index (χ1n) is 10.1. The summed E-state index contributed by atoms with van der Waals surface area (Å²) in [6, 6.07) is 9.59. The Morgan fingerprint density at radius 2 is 1.94 bits per heavy atom. The first-order chi connectivity index (χ1) is 15.6. The maximum absolute atomic E-state index is 13.2. The fraction of sp³-hybridized carbons (Fsp3) is 0.304. The molecule has 1 atom stereocenters. The van der Waals surface area contributed by atoms with E-state index in [4.69, 9.17) is 33.3 Å². The number of carbonyl (C=O) groups excluding carboxylic acids is 1. The molecular formula is C23H24ClN3O5S. The Hall–Kier alpha value is -3.01. The minimum atomic E-state index is -0.759. The van der Waals surface area contributed by atoms with E-state index in [1.165, 1.54) is 19.2 Å². The molecule has 1 heterocycles. The molecule has 2 aromatic carbocycles. The topological polar surface area (TPSA) is 93.9 Å². The highest BCUT2D eigenvalue weighted by atomic mass is 35.5. The van der Waals surface area contributed by atoms with Crippen molar-refractivity contribution >= 4 is 46.3 Å². The van der Waals surface area contributed by atoms with Crippen molar-refractivity contribution in [1.82, 2.24) is 5.32 Å². The summed E-state index contributed by atoms with van der Waals surface area (Å²) in [5.74, 6) is -0.572. The number of benzene rings is 2. The van der Waals surface area contributed by atoms with Gasteiger partial charge in [-0.05, 0) is 61.8 Å². The first-order valence-corrected chi connectivity index (χ1v) is 10.9. The molecule has 1 N–H and O–H groups in total. The average molecular weight is 490 g/mol. The van der Waals surface area contributed by atoms with Crippen molar-refractivity contribution in [3.63, 3.8) is 0 Å². The predicted octanol–water partition coefficient (Wildman–Crippen LogP) is 4.76. The van der Waals surface area contributed by atoms with Gasteiger partial charge in [0.05, 0.1) is 28.8 Å². The van der Waals surface area contributed by atoms with Crippen molar-refractivity contribution in [2.45, 2.75) is 26.8 Å². The Kier molecular flexibility index (Phi) is 7.68.